The van der Waals surface area contributed by atoms with Gasteiger partial charge in [-0.2, -0.15) is 5.10 Å². The lowest BCUT2D eigenvalue weighted by molar-refractivity contribution is 0.0952. The minimum absolute atomic E-state index is 0.0246. The number of nitrogens with zero attached hydrogens (tertiary/aromatic N) is 2. The van der Waals surface area contributed by atoms with Crippen LogP contribution < -0.4 is 10.6 Å². The zero-order chi connectivity index (χ0) is 14.5. The van der Waals surface area contributed by atoms with Crippen LogP contribution in [0.15, 0.2) is 6.20 Å². The summed E-state index contributed by atoms with van der Waals surface area (Å²) in [6.45, 7) is 9.91. The van der Waals surface area contributed by atoms with Crippen molar-refractivity contribution < 1.29 is 4.79 Å². The first-order chi connectivity index (χ1) is 8.91. The molecule has 108 valence electrons. The van der Waals surface area contributed by atoms with Crippen molar-refractivity contribution in [2.75, 3.05) is 20.1 Å². The zero-order valence-electron chi connectivity index (χ0n) is 12.7. The van der Waals surface area contributed by atoms with E-state index in [1.165, 1.54) is 0 Å². The lowest BCUT2D eigenvalue weighted by atomic mass is 10.1. The summed E-state index contributed by atoms with van der Waals surface area (Å²) >= 11 is 0. The maximum Gasteiger partial charge on any atom is 0.254 e. The molecule has 0 saturated heterocycles. The molecule has 0 aliphatic heterocycles. The molecule has 0 atom stereocenters. The maximum atomic E-state index is 12.1. The normalized spacial score (nSPS) is 11.6. The molecule has 5 heteroatoms. The van der Waals surface area contributed by atoms with Crippen molar-refractivity contribution in [2.45, 2.75) is 46.1 Å². The summed E-state index contributed by atoms with van der Waals surface area (Å²) < 4.78 is 1.94. The lowest BCUT2D eigenvalue weighted by Crippen LogP contribution is -2.29. The third kappa shape index (κ3) is 4.06. The highest BCUT2D eigenvalue weighted by atomic mass is 16.1. The molecular formula is C14H26N4O. The molecule has 0 fully saturated rings. The van der Waals surface area contributed by atoms with Gasteiger partial charge in [-0.15, -0.1) is 0 Å². The van der Waals surface area contributed by atoms with Crippen LogP contribution in [0.1, 0.15) is 50.2 Å². The molecule has 0 spiro atoms. The van der Waals surface area contributed by atoms with Gasteiger partial charge in [0.2, 0.25) is 0 Å². The van der Waals surface area contributed by atoms with Gasteiger partial charge < -0.3 is 10.6 Å². The predicted octanol–water partition coefficient (Wildman–Crippen LogP) is 1.54. The Morgan fingerprint density at radius 1 is 1.37 bits per heavy atom. The summed E-state index contributed by atoms with van der Waals surface area (Å²) in [4.78, 5) is 12.1. The second-order valence-electron chi connectivity index (χ2n) is 5.65. The van der Waals surface area contributed by atoms with Gasteiger partial charge in [0.05, 0.1) is 23.0 Å². The third-order valence-corrected chi connectivity index (χ3v) is 2.97. The van der Waals surface area contributed by atoms with Crippen LogP contribution in [-0.2, 0) is 12.0 Å². The van der Waals surface area contributed by atoms with Gasteiger partial charge in [-0.1, -0.05) is 6.92 Å². The molecule has 0 aliphatic rings. The molecule has 0 saturated carbocycles. The molecule has 0 bridgehead atoms. The number of hydrogen-bond acceptors (Lipinski definition) is 3. The number of nitrogens with one attached hydrogen (secondary N) is 2. The van der Waals surface area contributed by atoms with Gasteiger partial charge in [0, 0.05) is 6.54 Å². The molecule has 1 rings (SSSR count). The van der Waals surface area contributed by atoms with E-state index in [-0.39, 0.29) is 11.4 Å². The summed E-state index contributed by atoms with van der Waals surface area (Å²) in [7, 11) is 1.91. The van der Waals surface area contributed by atoms with Crippen molar-refractivity contribution in [1.29, 1.82) is 0 Å². The van der Waals surface area contributed by atoms with Crippen LogP contribution in [0.4, 0.5) is 0 Å². The maximum absolute atomic E-state index is 12.1. The molecule has 2 N–H and O–H groups in total. The quantitative estimate of drug-likeness (QED) is 0.768. The molecule has 1 aromatic heterocycles. The Kier molecular flexibility index (Phi) is 5.54. The summed E-state index contributed by atoms with van der Waals surface area (Å²) in [5.41, 5.74) is 1.59. The molecule has 5 nitrogen and oxygen atoms in total. The highest BCUT2D eigenvalue weighted by Crippen LogP contribution is 2.19. The Hall–Kier alpha value is -1.36. The van der Waals surface area contributed by atoms with Crippen LogP contribution >= 0.6 is 0 Å². The van der Waals surface area contributed by atoms with Crippen LogP contribution in [0.3, 0.4) is 0 Å². The fraction of sp³-hybridized carbons (Fsp3) is 0.714. The van der Waals surface area contributed by atoms with E-state index in [2.05, 4.69) is 43.4 Å². The first-order valence-corrected chi connectivity index (χ1v) is 6.92. The van der Waals surface area contributed by atoms with Gasteiger partial charge in [-0.3, -0.25) is 9.48 Å². The molecule has 0 aliphatic carbocycles. The summed E-state index contributed by atoms with van der Waals surface area (Å²) in [5, 5.41) is 10.4. The van der Waals surface area contributed by atoms with E-state index < -0.39 is 0 Å². The van der Waals surface area contributed by atoms with Crippen LogP contribution in [0.25, 0.3) is 0 Å². The fourth-order valence-electron chi connectivity index (χ4n) is 2.04. The average molecular weight is 266 g/mol. The first-order valence-electron chi connectivity index (χ1n) is 6.92. The average Bonchev–Trinajstić information content (AvgIpc) is 2.77. The van der Waals surface area contributed by atoms with Crippen LogP contribution in [0.5, 0.6) is 0 Å². The second-order valence-corrected chi connectivity index (χ2v) is 5.65. The summed E-state index contributed by atoms with van der Waals surface area (Å²) in [5.74, 6) is -0.0246. The number of carbonyl (C=O) groups is 1. The van der Waals surface area contributed by atoms with Gasteiger partial charge in [-0.25, -0.2) is 0 Å². The third-order valence-electron chi connectivity index (χ3n) is 2.97. The SMILES string of the molecule is CCc1c(C(=O)NCCCNC)cnn1C(C)(C)C. The van der Waals surface area contributed by atoms with Gasteiger partial charge in [-0.05, 0) is 47.2 Å². The molecule has 1 heterocycles. The van der Waals surface area contributed by atoms with Crippen LogP contribution in [0, 0.1) is 0 Å². The van der Waals surface area contributed by atoms with E-state index in [1.54, 1.807) is 6.20 Å². The van der Waals surface area contributed by atoms with Gasteiger partial charge in [0.15, 0.2) is 0 Å². The number of amides is 1. The van der Waals surface area contributed by atoms with Crippen LogP contribution in [0.2, 0.25) is 0 Å². The minimum Gasteiger partial charge on any atom is -0.352 e. The summed E-state index contributed by atoms with van der Waals surface area (Å²) in [6, 6.07) is 0. The molecule has 0 radical (unpaired) electrons. The van der Waals surface area contributed by atoms with Crippen molar-refractivity contribution in [3.63, 3.8) is 0 Å². The Bertz CT molecular complexity index is 418. The lowest BCUT2D eigenvalue weighted by Gasteiger charge is -2.22. The Morgan fingerprint density at radius 2 is 2.05 bits per heavy atom. The predicted molar refractivity (Wildman–Crippen MR) is 77.5 cm³/mol. The molecule has 19 heavy (non-hydrogen) atoms. The van der Waals surface area contributed by atoms with Gasteiger partial charge in [0.25, 0.3) is 5.91 Å². The molecular weight excluding hydrogens is 240 g/mol. The topological polar surface area (TPSA) is 59.0 Å². The van der Waals surface area contributed by atoms with E-state index >= 15 is 0 Å². The van der Waals surface area contributed by atoms with E-state index in [9.17, 15) is 4.79 Å². The Morgan fingerprint density at radius 3 is 2.58 bits per heavy atom. The van der Waals surface area contributed by atoms with Crippen molar-refractivity contribution in [3.05, 3.63) is 17.5 Å². The number of carbonyl (C=O) groups excluding carboxylic acids is 1. The van der Waals surface area contributed by atoms with Crippen molar-refractivity contribution >= 4 is 5.91 Å². The van der Waals surface area contributed by atoms with Gasteiger partial charge in [0.1, 0.15) is 0 Å². The molecule has 1 aromatic rings. The van der Waals surface area contributed by atoms with Crippen molar-refractivity contribution in [1.82, 2.24) is 20.4 Å². The smallest absolute Gasteiger partial charge is 0.254 e. The van der Waals surface area contributed by atoms with Crippen LogP contribution in [-0.4, -0.2) is 35.8 Å². The van der Waals surface area contributed by atoms with Crippen molar-refractivity contribution in [2.24, 2.45) is 0 Å². The molecule has 0 aromatic carbocycles. The first kappa shape index (κ1) is 15.7. The monoisotopic (exact) mass is 266 g/mol. The fourth-order valence-corrected chi connectivity index (χ4v) is 2.04. The van der Waals surface area contributed by atoms with E-state index in [0.717, 1.165) is 25.1 Å². The number of aromatic nitrogens is 2. The van der Waals surface area contributed by atoms with E-state index in [4.69, 9.17) is 0 Å². The molecule has 0 unspecified atom stereocenters. The highest BCUT2D eigenvalue weighted by Gasteiger charge is 2.22. The van der Waals surface area contributed by atoms with Crippen molar-refractivity contribution in [3.8, 4) is 0 Å². The van der Waals surface area contributed by atoms with E-state index in [0.29, 0.717) is 12.1 Å². The largest absolute Gasteiger partial charge is 0.352 e. The zero-order valence-corrected chi connectivity index (χ0v) is 12.7. The minimum atomic E-state index is -0.101. The Balaban J connectivity index is 2.78. The second kappa shape index (κ2) is 6.70. The Labute approximate surface area is 115 Å². The number of rotatable bonds is 6. The van der Waals surface area contributed by atoms with Gasteiger partial charge >= 0.3 is 0 Å². The number of hydrogen-bond donors (Lipinski definition) is 2. The standard InChI is InChI=1S/C14H26N4O/c1-6-12-11(10-17-18(12)14(2,3)4)13(19)16-9-7-8-15-5/h10,15H,6-9H2,1-5H3,(H,16,19). The summed E-state index contributed by atoms with van der Waals surface area (Å²) in [6.07, 6.45) is 3.41. The van der Waals surface area contributed by atoms with E-state index in [1.807, 2.05) is 11.7 Å². The highest BCUT2D eigenvalue weighted by molar-refractivity contribution is 5.95. The molecule has 1 amide bonds.